The normalized spacial score (nSPS) is 45.6. The molecular weight excluding hydrogens is 190 g/mol. The minimum absolute atomic E-state index is 0.0764. The first-order valence-electron chi connectivity index (χ1n) is 6.02. The SMILES string of the molecule is CC1COCC(C2CCC(C)(C)C2O)N1. The van der Waals surface area contributed by atoms with Gasteiger partial charge in [-0.2, -0.15) is 0 Å². The van der Waals surface area contributed by atoms with Crippen molar-refractivity contribution in [2.75, 3.05) is 13.2 Å². The van der Waals surface area contributed by atoms with Gasteiger partial charge in [-0.15, -0.1) is 0 Å². The molecule has 88 valence electrons. The van der Waals surface area contributed by atoms with Crippen LogP contribution in [0.25, 0.3) is 0 Å². The number of morpholine rings is 1. The van der Waals surface area contributed by atoms with Crippen LogP contribution in [0.1, 0.15) is 33.6 Å². The molecule has 0 radical (unpaired) electrons. The van der Waals surface area contributed by atoms with Crippen LogP contribution < -0.4 is 5.32 Å². The van der Waals surface area contributed by atoms with Gasteiger partial charge in [0.1, 0.15) is 0 Å². The second-order valence-corrected chi connectivity index (χ2v) is 5.85. The van der Waals surface area contributed by atoms with E-state index >= 15 is 0 Å². The minimum atomic E-state index is -0.191. The number of hydrogen-bond donors (Lipinski definition) is 2. The highest BCUT2D eigenvalue weighted by Gasteiger charge is 2.44. The molecule has 1 saturated heterocycles. The summed E-state index contributed by atoms with van der Waals surface area (Å²) in [7, 11) is 0. The van der Waals surface area contributed by atoms with Crippen molar-refractivity contribution in [2.45, 2.75) is 51.8 Å². The van der Waals surface area contributed by atoms with E-state index in [2.05, 4.69) is 26.1 Å². The molecule has 15 heavy (non-hydrogen) atoms. The van der Waals surface area contributed by atoms with Crippen LogP contribution >= 0.6 is 0 Å². The molecule has 0 aromatic heterocycles. The Morgan fingerprint density at radius 2 is 2.07 bits per heavy atom. The van der Waals surface area contributed by atoms with Crippen molar-refractivity contribution in [3.05, 3.63) is 0 Å². The fraction of sp³-hybridized carbons (Fsp3) is 1.00. The van der Waals surface area contributed by atoms with E-state index in [1.165, 1.54) is 0 Å². The van der Waals surface area contributed by atoms with E-state index < -0.39 is 0 Å². The van der Waals surface area contributed by atoms with E-state index in [-0.39, 0.29) is 11.5 Å². The van der Waals surface area contributed by atoms with Crippen molar-refractivity contribution < 1.29 is 9.84 Å². The summed E-state index contributed by atoms with van der Waals surface area (Å²) in [4.78, 5) is 0. The number of aliphatic hydroxyl groups is 1. The van der Waals surface area contributed by atoms with Gasteiger partial charge in [-0.1, -0.05) is 13.8 Å². The van der Waals surface area contributed by atoms with E-state index in [1.54, 1.807) is 0 Å². The molecule has 4 unspecified atom stereocenters. The van der Waals surface area contributed by atoms with Crippen molar-refractivity contribution in [1.29, 1.82) is 0 Å². The van der Waals surface area contributed by atoms with E-state index in [0.717, 1.165) is 26.1 Å². The van der Waals surface area contributed by atoms with Crippen LogP contribution in [-0.4, -0.2) is 36.5 Å². The fourth-order valence-corrected chi connectivity index (χ4v) is 2.93. The smallest absolute Gasteiger partial charge is 0.0635 e. The molecule has 0 amide bonds. The Kier molecular flexibility index (Phi) is 3.06. The molecule has 4 atom stereocenters. The predicted molar refractivity (Wildman–Crippen MR) is 59.7 cm³/mol. The molecule has 2 fully saturated rings. The van der Waals surface area contributed by atoms with Crippen LogP contribution in [0.2, 0.25) is 0 Å². The summed E-state index contributed by atoms with van der Waals surface area (Å²) in [5, 5.41) is 13.8. The second-order valence-electron chi connectivity index (χ2n) is 5.85. The molecule has 1 aliphatic heterocycles. The third-order valence-electron chi connectivity index (χ3n) is 4.01. The summed E-state index contributed by atoms with van der Waals surface area (Å²) in [5.74, 6) is 0.364. The van der Waals surface area contributed by atoms with Crippen LogP contribution in [0.4, 0.5) is 0 Å². The molecule has 0 aromatic carbocycles. The molecule has 2 aliphatic rings. The number of nitrogens with one attached hydrogen (secondary N) is 1. The molecule has 0 bridgehead atoms. The van der Waals surface area contributed by atoms with Gasteiger partial charge in [0.05, 0.1) is 19.3 Å². The number of aliphatic hydroxyl groups excluding tert-OH is 1. The number of rotatable bonds is 1. The van der Waals surface area contributed by atoms with Crippen LogP contribution in [0.15, 0.2) is 0 Å². The Labute approximate surface area is 92.2 Å². The lowest BCUT2D eigenvalue weighted by atomic mass is 9.85. The van der Waals surface area contributed by atoms with E-state index in [9.17, 15) is 5.11 Å². The largest absolute Gasteiger partial charge is 0.392 e. The maximum Gasteiger partial charge on any atom is 0.0635 e. The van der Waals surface area contributed by atoms with Crippen molar-refractivity contribution in [3.63, 3.8) is 0 Å². The Morgan fingerprint density at radius 1 is 1.33 bits per heavy atom. The van der Waals surface area contributed by atoms with Crippen molar-refractivity contribution >= 4 is 0 Å². The number of hydrogen-bond acceptors (Lipinski definition) is 3. The Morgan fingerprint density at radius 3 is 2.60 bits per heavy atom. The summed E-state index contributed by atoms with van der Waals surface area (Å²) < 4.78 is 5.55. The van der Waals surface area contributed by atoms with Gasteiger partial charge in [0.2, 0.25) is 0 Å². The summed E-state index contributed by atoms with van der Waals surface area (Å²) in [6.45, 7) is 8.00. The Bertz CT molecular complexity index is 230. The molecule has 2 N–H and O–H groups in total. The van der Waals surface area contributed by atoms with Crippen LogP contribution in [0.5, 0.6) is 0 Å². The average Bonchev–Trinajstić information content (AvgIpc) is 2.42. The maximum absolute atomic E-state index is 10.3. The topological polar surface area (TPSA) is 41.5 Å². The lowest BCUT2D eigenvalue weighted by Crippen LogP contribution is -2.53. The van der Waals surface area contributed by atoms with Gasteiger partial charge in [0.15, 0.2) is 0 Å². The quantitative estimate of drug-likeness (QED) is 0.687. The lowest BCUT2D eigenvalue weighted by molar-refractivity contribution is -0.0155. The third kappa shape index (κ3) is 2.19. The zero-order valence-electron chi connectivity index (χ0n) is 9.99. The van der Waals surface area contributed by atoms with Gasteiger partial charge < -0.3 is 15.2 Å². The van der Waals surface area contributed by atoms with Crippen LogP contribution in [0, 0.1) is 11.3 Å². The molecule has 3 nitrogen and oxygen atoms in total. The van der Waals surface area contributed by atoms with Crippen LogP contribution in [-0.2, 0) is 4.74 Å². The van der Waals surface area contributed by atoms with Gasteiger partial charge in [0.25, 0.3) is 0 Å². The van der Waals surface area contributed by atoms with Gasteiger partial charge in [-0.05, 0) is 25.2 Å². The zero-order chi connectivity index (χ0) is 11.1. The van der Waals surface area contributed by atoms with Gasteiger partial charge in [0, 0.05) is 18.0 Å². The first-order valence-corrected chi connectivity index (χ1v) is 6.02. The van der Waals surface area contributed by atoms with E-state index in [0.29, 0.717) is 18.0 Å². The highest BCUT2D eigenvalue weighted by molar-refractivity contribution is 4.97. The predicted octanol–water partition coefficient (Wildman–Crippen LogP) is 1.16. The fourth-order valence-electron chi connectivity index (χ4n) is 2.93. The summed E-state index contributed by atoms with van der Waals surface area (Å²) in [5.41, 5.74) is 0.0764. The summed E-state index contributed by atoms with van der Waals surface area (Å²) in [6, 6.07) is 0.755. The molecule has 1 heterocycles. The molecule has 1 aliphatic carbocycles. The maximum atomic E-state index is 10.3. The van der Waals surface area contributed by atoms with Gasteiger partial charge >= 0.3 is 0 Å². The Hall–Kier alpha value is -0.120. The molecule has 2 rings (SSSR count). The summed E-state index contributed by atoms with van der Waals surface area (Å²) in [6.07, 6.45) is 2.04. The standard InChI is InChI=1S/C12H23NO2/c1-8-6-15-7-10(13-8)9-4-5-12(2,3)11(9)14/h8-11,13-14H,4-7H2,1-3H3. The molecule has 1 saturated carbocycles. The number of ether oxygens (including phenoxy) is 1. The highest BCUT2D eigenvalue weighted by Crippen LogP contribution is 2.43. The molecule has 0 spiro atoms. The monoisotopic (exact) mass is 213 g/mol. The third-order valence-corrected chi connectivity index (χ3v) is 4.01. The van der Waals surface area contributed by atoms with Crippen molar-refractivity contribution in [1.82, 2.24) is 5.32 Å². The highest BCUT2D eigenvalue weighted by atomic mass is 16.5. The van der Waals surface area contributed by atoms with Crippen molar-refractivity contribution in [3.8, 4) is 0 Å². The van der Waals surface area contributed by atoms with E-state index in [4.69, 9.17) is 4.74 Å². The second kappa shape index (κ2) is 4.04. The van der Waals surface area contributed by atoms with Gasteiger partial charge in [-0.3, -0.25) is 0 Å². The van der Waals surface area contributed by atoms with E-state index in [1.807, 2.05) is 0 Å². The zero-order valence-corrected chi connectivity index (χ0v) is 9.99. The van der Waals surface area contributed by atoms with Crippen LogP contribution in [0.3, 0.4) is 0 Å². The molecule has 3 heteroatoms. The minimum Gasteiger partial charge on any atom is -0.392 e. The van der Waals surface area contributed by atoms with Crippen molar-refractivity contribution in [2.24, 2.45) is 11.3 Å². The first kappa shape index (κ1) is 11.4. The molecular formula is C12H23NO2. The first-order chi connectivity index (χ1) is 7.00. The average molecular weight is 213 g/mol. The Balaban J connectivity index is 1.99. The summed E-state index contributed by atoms with van der Waals surface area (Å²) >= 11 is 0. The lowest BCUT2D eigenvalue weighted by Gasteiger charge is -2.36. The molecule has 0 aromatic rings. The van der Waals surface area contributed by atoms with Gasteiger partial charge in [-0.25, -0.2) is 0 Å².